The number of para-hydroxylation sites is 1. The van der Waals surface area contributed by atoms with Crippen LogP contribution in [0.4, 0.5) is 11.4 Å². The van der Waals surface area contributed by atoms with Crippen LogP contribution in [0.3, 0.4) is 0 Å². The Bertz CT molecular complexity index is 445. The summed E-state index contributed by atoms with van der Waals surface area (Å²) in [5.74, 6) is 0.581. The number of nitrogens with zero attached hydrogens (tertiary/aromatic N) is 1. The molecule has 0 aliphatic rings. The number of aliphatic hydroxyl groups excluding tert-OH is 1. The van der Waals surface area contributed by atoms with Crippen LogP contribution in [0.25, 0.3) is 0 Å². The minimum Gasteiger partial charge on any atom is -0.487 e. The van der Waals surface area contributed by atoms with E-state index >= 15 is 0 Å². The van der Waals surface area contributed by atoms with Gasteiger partial charge in [-0.3, -0.25) is 10.1 Å². The molecule has 118 valence electrons. The summed E-state index contributed by atoms with van der Waals surface area (Å²) in [6, 6.07) is 5.02. The van der Waals surface area contributed by atoms with E-state index in [4.69, 9.17) is 9.84 Å². The maximum atomic E-state index is 11.3. The zero-order valence-corrected chi connectivity index (χ0v) is 12.7. The number of anilines is 1. The first-order valence-electron chi connectivity index (χ1n) is 7.38. The topological polar surface area (TPSA) is 84.6 Å². The second-order valence-electron chi connectivity index (χ2n) is 4.89. The number of nitrogens with one attached hydrogen (secondary N) is 1. The van der Waals surface area contributed by atoms with Gasteiger partial charge in [0.1, 0.15) is 5.69 Å². The van der Waals surface area contributed by atoms with Gasteiger partial charge in [0.15, 0.2) is 5.75 Å². The summed E-state index contributed by atoms with van der Waals surface area (Å²) in [5, 5.41) is 23.5. The molecule has 1 rings (SSSR count). The fourth-order valence-electron chi connectivity index (χ4n) is 2.32. The largest absolute Gasteiger partial charge is 0.487 e. The maximum Gasteiger partial charge on any atom is 0.333 e. The molecule has 21 heavy (non-hydrogen) atoms. The quantitative estimate of drug-likeness (QED) is 0.511. The molecule has 0 saturated heterocycles. The monoisotopic (exact) mass is 296 g/mol. The van der Waals surface area contributed by atoms with Crippen molar-refractivity contribution >= 4 is 11.4 Å². The summed E-state index contributed by atoms with van der Waals surface area (Å²) in [6.45, 7) is 5.00. The van der Waals surface area contributed by atoms with Crippen LogP contribution >= 0.6 is 0 Å². The highest BCUT2D eigenvalue weighted by molar-refractivity contribution is 5.68. The van der Waals surface area contributed by atoms with E-state index in [1.165, 1.54) is 0 Å². The normalized spacial score (nSPS) is 12.0. The van der Waals surface area contributed by atoms with Gasteiger partial charge in [-0.2, -0.15) is 0 Å². The minimum atomic E-state index is -0.422. The van der Waals surface area contributed by atoms with E-state index in [-0.39, 0.29) is 18.0 Å². The van der Waals surface area contributed by atoms with Crippen molar-refractivity contribution in [3.05, 3.63) is 28.3 Å². The molecule has 2 N–H and O–H groups in total. The lowest BCUT2D eigenvalue weighted by molar-refractivity contribution is -0.384. The number of aliphatic hydroxyl groups is 1. The molecule has 0 aliphatic carbocycles. The first kappa shape index (κ1) is 17.2. The predicted molar refractivity (Wildman–Crippen MR) is 82.9 cm³/mol. The first-order valence-corrected chi connectivity index (χ1v) is 7.38. The second kappa shape index (κ2) is 9.18. The van der Waals surface area contributed by atoms with Crippen LogP contribution in [-0.4, -0.2) is 29.8 Å². The van der Waals surface area contributed by atoms with Crippen LogP contribution in [0.15, 0.2) is 18.2 Å². The minimum absolute atomic E-state index is 0.0291. The summed E-state index contributed by atoms with van der Waals surface area (Å²) in [4.78, 5) is 10.8. The third kappa shape index (κ3) is 5.23. The van der Waals surface area contributed by atoms with Crippen molar-refractivity contribution in [2.75, 3.05) is 25.1 Å². The molecular formula is C15H24N2O4. The molecule has 6 nitrogen and oxygen atoms in total. The Morgan fingerprint density at radius 1 is 1.38 bits per heavy atom. The number of benzene rings is 1. The Balaban J connectivity index is 2.86. The highest BCUT2D eigenvalue weighted by Crippen LogP contribution is 2.35. The van der Waals surface area contributed by atoms with E-state index in [0.717, 1.165) is 12.8 Å². The number of hydrogen-bond acceptors (Lipinski definition) is 5. The highest BCUT2D eigenvalue weighted by atomic mass is 16.6. The number of rotatable bonds is 10. The van der Waals surface area contributed by atoms with Gasteiger partial charge in [-0.1, -0.05) is 19.4 Å². The summed E-state index contributed by atoms with van der Waals surface area (Å²) < 4.78 is 5.32. The molecule has 0 saturated carbocycles. The van der Waals surface area contributed by atoms with Crippen molar-refractivity contribution in [2.24, 2.45) is 5.92 Å². The van der Waals surface area contributed by atoms with Crippen LogP contribution in [0, 0.1) is 16.0 Å². The molecule has 0 radical (unpaired) electrons. The number of nitro groups is 1. The number of ether oxygens (including phenoxy) is 1. The second-order valence-corrected chi connectivity index (χ2v) is 4.89. The van der Waals surface area contributed by atoms with Gasteiger partial charge < -0.3 is 15.2 Å². The lowest BCUT2D eigenvalue weighted by Crippen LogP contribution is -2.16. The maximum absolute atomic E-state index is 11.3. The molecule has 1 aromatic carbocycles. The van der Waals surface area contributed by atoms with Gasteiger partial charge >= 0.3 is 5.69 Å². The van der Waals surface area contributed by atoms with Gasteiger partial charge in [-0.25, -0.2) is 0 Å². The van der Waals surface area contributed by atoms with Gasteiger partial charge in [0.25, 0.3) is 0 Å². The summed E-state index contributed by atoms with van der Waals surface area (Å²) >= 11 is 0. The van der Waals surface area contributed by atoms with E-state index in [1.807, 2.05) is 0 Å². The van der Waals surface area contributed by atoms with Gasteiger partial charge in [-0.05, 0) is 37.8 Å². The van der Waals surface area contributed by atoms with E-state index in [1.54, 1.807) is 25.1 Å². The summed E-state index contributed by atoms with van der Waals surface area (Å²) in [5.41, 5.74) is 0.434. The van der Waals surface area contributed by atoms with Crippen molar-refractivity contribution in [3.8, 4) is 5.75 Å². The Hall–Kier alpha value is -1.82. The van der Waals surface area contributed by atoms with E-state index in [9.17, 15) is 10.1 Å². The average molecular weight is 296 g/mol. The summed E-state index contributed by atoms with van der Waals surface area (Å²) in [7, 11) is 0. The fraction of sp³-hybridized carbons (Fsp3) is 0.600. The van der Waals surface area contributed by atoms with Crippen LogP contribution in [0.1, 0.15) is 33.1 Å². The van der Waals surface area contributed by atoms with E-state index < -0.39 is 4.92 Å². The van der Waals surface area contributed by atoms with Crippen molar-refractivity contribution in [1.82, 2.24) is 0 Å². The van der Waals surface area contributed by atoms with Gasteiger partial charge in [0.2, 0.25) is 0 Å². The zero-order chi connectivity index (χ0) is 15.7. The molecule has 6 heteroatoms. The Kier molecular flexibility index (Phi) is 7.53. The van der Waals surface area contributed by atoms with Gasteiger partial charge in [0.05, 0.1) is 11.5 Å². The van der Waals surface area contributed by atoms with Crippen molar-refractivity contribution in [2.45, 2.75) is 33.1 Å². The average Bonchev–Trinajstić information content (AvgIpc) is 2.45. The van der Waals surface area contributed by atoms with E-state index in [0.29, 0.717) is 31.2 Å². The predicted octanol–water partition coefficient (Wildman–Crippen LogP) is 3.20. The molecule has 0 heterocycles. The molecule has 0 aromatic heterocycles. The third-order valence-electron chi connectivity index (χ3n) is 3.30. The Morgan fingerprint density at radius 2 is 2.14 bits per heavy atom. The van der Waals surface area contributed by atoms with Crippen molar-refractivity contribution < 1.29 is 14.8 Å². The third-order valence-corrected chi connectivity index (χ3v) is 3.30. The number of nitro benzene ring substituents is 1. The molecular weight excluding hydrogens is 272 g/mol. The Morgan fingerprint density at radius 3 is 2.71 bits per heavy atom. The highest BCUT2D eigenvalue weighted by Gasteiger charge is 2.21. The zero-order valence-electron chi connectivity index (χ0n) is 12.7. The van der Waals surface area contributed by atoms with Crippen molar-refractivity contribution in [3.63, 3.8) is 0 Å². The van der Waals surface area contributed by atoms with E-state index in [2.05, 4.69) is 12.2 Å². The Labute approximate surface area is 125 Å². The van der Waals surface area contributed by atoms with Gasteiger partial charge in [-0.15, -0.1) is 0 Å². The summed E-state index contributed by atoms with van der Waals surface area (Å²) in [6.07, 6.45) is 2.69. The molecule has 0 bridgehead atoms. The van der Waals surface area contributed by atoms with Gasteiger partial charge in [0, 0.05) is 13.2 Å². The standard InChI is InChI=1S/C15H24N2O4/c1-3-6-12(9-10-18)11-16-13-7-5-8-14(21-4-2)15(13)17(19)20/h5,7-8,12,16,18H,3-4,6,9-11H2,1-2H3. The fourth-order valence-corrected chi connectivity index (χ4v) is 2.32. The first-order chi connectivity index (χ1) is 10.1. The van der Waals surface area contributed by atoms with Crippen LogP contribution < -0.4 is 10.1 Å². The smallest absolute Gasteiger partial charge is 0.333 e. The molecule has 0 aliphatic heterocycles. The molecule has 1 aromatic rings. The van der Waals surface area contributed by atoms with Crippen LogP contribution in [0.2, 0.25) is 0 Å². The number of hydrogen-bond donors (Lipinski definition) is 2. The van der Waals surface area contributed by atoms with Crippen LogP contribution in [0.5, 0.6) is 5.75 Å². The molecule has 0 amide bonds. The molecule has 0 spiro atoms. The SMILES string of the molecule is CCCC(CCO)CNc1cccc(OCC)c1[N+](=O)[O-]. The van der Waals surface area contributed by atoms with Crippen molar-refractivity contribution in [1.29, 1.82) is 0 Å². The van der Waals surface area contributed by atoms with Crippen LogP contribution in [-0.2, 0) is 0 Å². The molecule has 0 fully saturated rings. The molecule has 1 atom stereocenters. The molecule has 1 unspecified atom stereocenters. The lowest BCUT2D eigenvalue weighted by Gasteiger charge is -2.17. The lowest BCUT2D eigenvalue weighted by atomic mass is 10.00.